The van der Waals surface area contributed by atoms with Crippen molar-refractivity contribution in [2.75, 3.05) is 0 Å². The fraction of sp³-hybridized carbons (Fsp3) is 0. The summed E-state index contributed by atoms with van der Waals surface area (Å²) in [6.07, 6.45) is 6.66. The Balaban J connectivity index is 2.23. The van der Waals surface area contributed by atoms with E-state index in [-0.39, 0.29) is 0 Å². The summed E-state index contributed by atoms with van der Waals surface area (Å²) in [5.41, 5.74) is 0.880. The van der Waals surface area contributed by atoms with Crippen molar-refractivity contribution in [3.05, 3.63) is 24.0 Å². The van der Waals surface area contributed by atoms with Crippen LogP contribution < -0.4 is 0 Å². The van der Waals surface area contributed by atoms with Gasteiger partial charge in [-0.2, -0.15) is 0 Å². The molecular formula is C8H4ClN5. The Morgan fingerprint density at radius 3 is 3.07 bits per heavy atom. The van der Waals surface area contributed by atoms with Crippen LogP contribution >= 0.6 is 11.6 Å². The third kappa shape index (κ3) is 0.958. The van der Waals surface area contributed by atoms with Crippen LogP contribution in [0.1, 0.15) is 0 Å². The number of guanidine groups is 2. The SMILES string of the molecule is ClC1=NC2=NC=NC3=NC=CC(=C1)N32. The summed E-state index contributed by atoms with van der Waals surface area (Å²) in [4.78, 5) is 17.9. The van der Waals surface area contributed by atoms with Crippen LogP contribution in [0.2, 0.25) is 0 Å². The fourth-order valence-electron chi connectivity index (χ4n) is 1.36. The molecule has 0 aromatic rings. The van der Waals surface area contributed by atoms with Crippen LogP contribution in [0, 0.1) is 0 Å². The lowest BCUT2D eigenvalue weighted by Gasteiger charge is -2.28. The van der Waals surface area contributed by atoms with Crippen LogP contribution in [-0.2, 0) is 0 Å². The molecule has 68 valence electrons. The molecule has 0 fully saturated rings. The number of halogens is 1. The lowest BCUT2D eigenvalue weighted by Crippen LogP contribution is -2.39. The summed E-state index contributed by atoms with van der Waals surface area (Å²) in [6, 6.07) is 0. The van der Waals surface area contributed by atoms with Crippen molar-refractivity contribution >= 4 is 35.0 Å². The monoisotopic (exact) mass is 205 g/mol. The van der Waals surface area contributed by atoms with Crippen LogP contribution in [-0.4, -0.2) is 28.3 Å². The Hall–Kier alpha value is -1.75. The molecule has 0 amide bonds. The Morgan fingerprint density at radius 2 is 2.14 bits per heavy atom. The minimum Gasteiger partial charge on any atom is -0.246 e. The van der Waals surface area contributed by atoms with Crippen LogP contribution in [0.5, 0.6) is 0 Å². The Labute approximate surface area is 84.5 Å². The van der Waals surface area contributed by atoms with Gasteiger partial charge in [0.2, 0.25) is 11.9 Å². The van der Waals surface area contributed by atoms with Gasteiger partial charge in [-0.15, -0.1) is 0 Å². The summed E-state index contributed by atoms with van der Waals surface area (Å²) in [6.45, 7) is 0. The normalized spacial score (nSPS) is 22.2. The number of hydrogen-bond donors (Lipinski definition) is 0. The topological polar surface area (TPSA) is 52.7 Å². The fourth-order valence-corrected chi connectivity index (χ4v) is 1.54. The van der Waals surface area contributed by atoms with E-state index in [0.29, 0.717) is 17.1 Å². The molecule has 3 heterocycles. The van der Waals surface area contributed by atoms with Crippen molar-refractivity contribution in [1.82, 2.24) is 4.90 Å². The largest absolute Gasteiger partial charge is 0.246 e. The lowest BCUT2D eigenvalue weighted by atomic mass is 10.3. The number of hydrogen-bond acceptors (Lipinski definition) is 5. The first kappa shape index (κ1) is 7.64. The maximum Gasteiger partial charge on any atom is 0.239 e. The van der Waals surface area contributed by atoms with Crippen LogP contribution in [0.3, 0.4) is 0 Å². The van der Waals surface area contributed by atoms with Crippen molar-refractivity contribution in [2.45, 2.75) is 0 Å². The quantitative estimate of drug-likeness (QED) is 0.584. The van der Waals surface area contributed by atoms with Gasteiger partial charge in [0, 0.05) is 6.20 Å². The maximum absolute atomic E-state index is 5.83. The third-order valence-electron chi connectivity index (χ3n) is 1.91. The van der Waals surface area contributed by atoms with Crippen molar-refractivity contribution in [3.8, 4) is 0 Å². The van der Waals surface area contributed by atoms with E-state index in [4.69, 9.17) is 11.6 Å². The smallest absolute Gasteiger partial charge is 0.239 e. The first-order chi connectivity index (χ1) is 6.84. The van der Waals surface area contributed by atoms with Crippen LogP contribution in [0.4, 0.5) is 0 Å². The molecule has 5 nitrogen and oxygen atoms in total. The molecule has 0 aromatic heterocycles. The molecule has 3 aliphatic rings. The molecule has 0 aliphatic carbocycles. The summed E-state index contributed by atoms with van der Waals surface area (Å²) in [5.74, 6) is 1.07. The van der Waals surface area contributed by atoms with Gasteiger partial charge in [0.25, 0.3) is 0 Å². The molecule has 6 heteroatoms. The predicted molar refractivity (Wildman–Crippen MR) is 55.7 cm³/mol. The van der Waals surface area contributed by atoms with Crippen molar-refractivity contribution in [1.29, 1.82) is 0 Å². The molecule has 0 aromatic carbocycles. The second-order valence-corrected chi connectivity index (χ2v) is 3.14. The minimum absolute atomic E-state index is 0.413. The highest BCUT2D eigenvalue weighted by Gasteiger charge is 2.27. The summed E-state index contributed by atoms with van der Waals surface area (Å²) in [5, 5.41) is 0.413. The van der Waals surface area contributed by atoms with Gasteiger partial charge in [0.1, 0.15) is 11.5 Å². The summed E-state index contributed by atoms with van der Waals surface area (Å²) >= 11 is 5.83. The molecule has 0 saturated heterocycles. The molecule has 0 spiro atoms. The van der Waals surface area contributed by atoms with Crippen molar-refractivity contribution < 1.29 is 0 Å². The van der Waals surface area contributed by atoms with Crippen molar-refractivity contribution in [2.24, 2.45) is 20.0 Å². The number of nitrogens with zero attached hydrogens (tertiary/aromatic N) is 5. The van der Waals surface area contributed by atoms with E-state index in [2.05, 4.69) is 20.0 Å². The van der Waals surface area contributed by atoms with E-state index in [1.54, 1.807) is 17.2 Å². The molecular weight excluding hydrogens is 202 g/mol. The first-order valence-electron chi connectivity index (χ1n) is 3.95. The number of rotatable bonds is 0. The van der Waals surface area contributed by atoms with E-state index in [0.717, 1.165) is 5.70 Å². The zero-order valence-corrected chi connectivity index (χ0v) is 7.68. The van der Waals surface area contributed by atoms with Gasteiger partial charge in [-0.25, -0.2) is 24.9 Å². The van der Waals surface area contributed by atoms with Gasteiger partial charge < -0.3 is 0 Å². The van der Waals surface area contributed by atoms with E-state index >= 15 is 0 Å². The summed E-state index contributed by atoms with van der Waals surface area (Å²) in [7, 11) is 0. The molecule has 0 saturated carbocycles. The number of aliphatic imine (C=N–C) groups is 4. The average molecular weight is 206 g/mol. The second-order valence-electron chi connectivity index (χ2n) is 2.76. The molecule has 0 bridgehead atoms. The Bertz CT molecular complexity index is 478. The van der Waals surface area contributed by atoms with Crippen molar-refractivity contribution in [3.63, 3.8) is 0 Å². The Kier molecular flexibility index (Phi) is 1.43. The third-order valence-corrected chi connectivity index (χ3v) is 2.11. The zero-order valence-electron chi connectivity index (χ0n) is 6.92. The predicted octanol–water partition coefficient (Wildman–Crippen LogP) is 1.10. The van der Waals surface area contributed by atoms with Gasteiger partial charge in [-0.05, 0) is 12.2 Å². The van der Waals surface area contributed by atoms with Gasteiger partial charge in [0.15, 0.2) is 0 Å². The second kappa shape index (κ2) is 2.62. The van der Waals surface area contributed by atoms with E-state index in [1.807, 2.05) is 6.08 Å². The molecule has 0 N–H and O–H groups in total. The van der Waals surface area contributed by atoms with E-state index in [1.165, 1.54) is 6.34 Å². The highest BCUT2D eigenvalue weighted by Crippen LogP contribution is 2.21. The number of allylic oxidation sites excluding steroid dienone is 2. The molecule has 3 aliphatic heterocycles. The zero-order chi connectivity index (χ0) is 9.54. The van der Waals surface area contributed by atoms with E-state index in [9.17, 15) is 0 Å². The molecule has 0 unspecified atom stereocenters. The summed E-state index contributed by atoms with van der Waals surface area (Å²) < 4.78 is 0. The van der Waals surface area contributed by atoms with Gasteiger partial charge in [-0.3, -0.25) is 0 Å². The molecule has 0 atom stereocenters. The van der Waals surface area contributed by atoms with Crippen LogP contribution in [0.15, 0.2) is 44.0 Å². The standard InChI is InChI=1S/C8H4ClN5/c9-6-3-5-1-2-10-7-11-4-12-8(13-6)14(5)7/h1-4H. The van der Waals surface area contributed by atoms with Crippen LogP contribution in [0.25, 0.3) is 0 Å². The highest BCUT2D eigenvalue weighted by molar-refractivity contribution is 6.69. The van der Waals surface area contributed by atoms with Gasteiger partial charge in [0.05, 0.1) is 5.70 Å². The molecule has 0 radical (unpaired) electrons. The van der Waals surface area contributed by atoms with E-state index < -0.39 is 0 Å². The highest BCUT2D eigenvalue weighted by atomic mass is 35.5. The van der Waals surface area contributed by atoms with Gasteiger partial charge >= 0.3 is 0 Å². The maximum atomic E-state index is 5.83. The molecule has 3 rings (SSSR count). The molecule has 14 heavy (non-hydrogen) atoms. The minimum atomic E-state index is 0.413. The lowest BCUT2D eigenvalue weighted by molar-refractivity contribution is 0.736. The van der Waals surface area contributed by atoms with Gasteiger partial charge in [-0.1, -0.05) is 11.6 Å². The average Bonchev–Trinajstić information content (AvgIpc) is 2.18. The Morgan fingerprint density at radius 1 is 1.21 bits per heavy atom. The first-order valence-corrected chi connectivity index (χ1v) is 4.33.